The Balaban J connectivity index is 1.49. The molecule has 0 aliphatic carbocycles. The largest absolute Gasteiger partial charge is 0.480 e. The SMILES string of the molecule is CC(C)(C)[C@@](CNC(=O)c1ccc(F)c(N2CCC(Nc3ncccn3)CC2)c1)(NS(=O)(=O)c1ccccc1)C(=O)O. The van der Waals surface area contributed by atoms with Crippen LogP contribution in [0.1, 0.15) is 44.0 Å². The molecule has 1 aromatic heterocycles. The second kappa shape index (κ2) is 12.4. The van der Waals surface area contributed by atoms with E-state index in [9.17, 15) is 27.5 Å². The van der Waals surface area contributed by atoms with Crippen molar-refractivity contribution < 1.29 is 27.5 Å². The lowest BCUT2D eigenvalue weighted by Crippen LogP contribution is -2.67. The van der Waals surface area contributed by atoms with Crippen LogP contribution in [0.3, 0.4) is 0 Å². The molecule has 3 aromatic rings. The number of amides is 1. The number of anilines is 2. The number of hydrogen-bond donors (Lipinski definition) is 4. The quantitative estimate of drug-likeness (QED) is 0.275. The number of carbonyl (C=O) groups is 2. The molecule has 224 valence electrons. The van der Waals surface area contributed by atoms with Crippen LogP contribution in [0.2, 0.25) is 0 Å². The number of carboxylic acids is 1. The van der Waals surface area contributed by atoms with Crippen LogP contribution in [-0.2, 0) is 14.8 Å². The fourth-order valence-electron chi connectivity index (χ4n) is 4.81. The van der Waals surface area contributed by atoms with E-state index in [1.165, 1.54) is 42.5 Å². The van der Waals surface area contributed by atoms with Crippen LogP contribution in [0.4, 0.5) is 16.0 Å². The molecule has 4 N–H and O–H groups in total. The number of carboxylic acid groups (broad SMARTS) is 1. The van der Waals surface area contributed by atoms with Crippen molar-refractivity contribution in [3.8, 4) is 0 Å². The molecule has 2 heterocycles. The molecule has 0 spiro atoms. The molecule has 11 nitrogen and oxygen atoms in total. The molecule has 0 radical (unpaired) electrons. The number of piperidine rings is 1. The van der Waals surface area contributed by atoms with E-state index in [0.717, 1.165) is 0 Å². The minimum atomic E-state index is -4.26. The highest BCUT2D eigenvalue weighted by Crippen LogP contribution is 2.33. The van der Waals surface area contributed by atoms with E-state index in [1.807, 2.05) is 4.90 Å². The summed E-state index contributed by atoms with van der Waals surface area (Å²) in [7, 11) is -4.26. The zero-order valence-electron chi connectivity index (χ0n) is 23.7. The van der Waals surface area contributed by atoms with Gasteiger partial charge in [0.25, 0.3) is 5.91 Å². The first-order valence-electron chi connectivity index (χ1n) is 13.5. The lowest BCUT2D eigenvalue weighted by atomic mass is 9.74. The predicted molar refractivity (Wildman–Crippen MR) is 156 cm³/mol. The van der Waals surface area contributed by atoms with Crippen LogP contribution in [0, 0.1) is 11.2 Å². The minimum Gasteiger partial charge on any atom is -0.480 e. The molecule has 42 heavy (non-hydrogen) atoms. The van der Waals surface area contributed by atoms with Gasteiger partial charge in [0.05, 0.1) is 10.6 Å². The maximum atomic E-state index is 14.9. The number of aliphatic carboxylic acids is 1. The molecule has 1 amide bonds. The van der Waals surface area contributed by atoms with Crippen molar-refractivity contribution in [1.29, 1.82) is 0 Å². The van der Waals surface area contributed by atoms with Gasteiger partial charge in [0.15, 0.2) is 5.54 Å². The molecule has 1 saturated heterocycles. The number of aromatic nitrogens is 2. The molecule has 13 heteroatoms. The summed E-state index contributed by atoms with van der Waals surface area (Å²) in [5.74, 6) is -2.08. The lowest BCUT2D eigenvalue weighted by Gasteiger charge is -2.41. The number of rotatable bonds is 10. The number of hydrogen-bond acceptors (Lipinski definition) is 8. The summed E-state index contributed by atoms with van der Waals surface area (Å²) in [5, 5.41) is 16.1. The Hall–Kier alpha value is -4.10. The summed E-state index contributed by atoms with van der Waals surface area (Å²) < 4.78 is 43.5. The van der Waals surface area contributed by atoms with Gasteiger partial charge in [-0.2, -0.15) is 4.72 Å². The van der Waals surface area contributed by atoms with Crippen LogP contribution < -0.4 is 20.3 Å². The van der Waals surface area contributed by atoms with Gasteiger partial charge in [-0.25, -0.2) is 22.8 Å². The molecule has 0 saturated carbocycles. The van der Waals surface area contributed by atoms with Crippen LogP contribution in [0.25, 0.3) is 0 Å². The zero-order chi connectivity index (χ0) is 30.5. The highest BCUT2D eigenvalue weighted by atomic mass is 32.2. The number of halogens is 1. The standard InChI is InChI=1S/C29H35FN6O5S/c1-28(2,3)29(26(38)39,35-42(40,41)22-8-5-4-6-9-22)19-33-25(37)20-10-11-23(30)24(18-20)36-16-12-21(13-17-36)34-27-31-14-7-15-32-27/h4-11,14-15,18,21,35H,12-13,16-17,19H2,1-3H3,(H,33,37)(H,38,39)(H,31,32,34)/t29-/m0/s1. The van der Waals surface area contributed by atoms with Crippen molar-refractivity contribution in [3.05, 3.63) is 78.4 Å². The molecular formula is C29H35FN6O5S. The number of benzene rings is 2. The van der Waals surface area contributed by atoms with Gasteiger partial charge in [-0.15, -0.1) is 0 Å². The molecule has 1 fully saturated rings. The fraction of sp³-hybridized carbons (Fsp3) is 0.379. The second-order valence-electron chi connectivity index (χ2n) is 11.2. The van der Waals surface area contributed by atoms with Crippen LogP contribution in [0.5, 0.6) is 0 Å². The van der Waals surface area contributed by atoms with Gasteiger partial charge >= 0.3 is 5.97 Å². The molecule has 1 aliphatic rings. The second-order valence-corrected chi connectivity index (χ2v) is 12.9. The monoisotopic (exact) mass is 598 g/mol. The van der Waals surface area contributed by atoms with Crippen LogP contribution in [-0.4, -0.2) is 66.6 Å². The van der Waals surface area contributed by atoms with E-state index in [-0.39, 0.29) is 22.2 Å². The average molecular weight is 599 g/mol. The van der Waals surface area contributed by atoms with Crippen molar-refractivity contribution in [2.24, 2.45) is 5.41 Å². The van der Waals surface area contributed by atoms with E-state index in [2.05, 4.69) is 25.3 Å². The highest BCUT2D eigenvalue weighted by Gasteiger charge is 2.52. The van der Waals surface area contributed by atoms with Gasteiger partial charge in [0, 0.05) is 43.6 Å². The topological polar surface area (TPSA) is 154 Å². The van der Waals surface area contributed by atoms with Gasteiger partial charge in [-0.05, 0) is 54.7 Å². The molecule has 0 bridgehead atoms. The van der Waals surface area contributed by atoms with Crippen molar-refractivity contribution in [1.82, 2.24) is 20.0 Å². The molecule has 0 unspecified atom stereocenters. The van der Waals surface area contributed by atoms with Crippen molar-refractivity contribution in [2.75, 3.05) is 29.9 Å². The summed E-state index contributed by atoms with van der Waals surface area (Å²) in [5.41, 5.74) is -2.89. The number of nitrogens with zero attached hydrogens (tertiary/aromatic N) is 3. The Morgan fingerprint density at radius 3 is 2.26 bits per heavy atom. The molecule has 1 aliphatic heterocycles. The van der Waals surface area contributed by atoms with Gasteiger partial charge in [-0.1, -0.05) is 39.0 Å². The Morgan fingerprint density at radius 2 is 1.67 bits per heavy atom. The number of sulfonamides is 1. The van der Waals surface area contributed by atoms with Crippen molar-refractivity contribution in [2.45, 2.75) is 50.1 Å². The summed E-state index contributed by atoms with van der Waals surface area (Å²) in [6, 6.07) is 13.2. The summed E-state index contributed by atoms with van der Waals surface area (Å²) >= 11 is 0. The Kier molecular flexibility index (Phi) is 9.12. The lowest BCUT2D eigenvalue weighted by molar-refractivity contribution is -0.148. The third-order valence-electron chi connectivity index (χ3n) is 7.46. The smallest absolute Gasteiger partial charge is 0.327 e. The summed E-state index contributed by atoms with van der Waals surface area (Å²) in [4.78, 5) is 36.0. The van der Waals surface area contributed by atoms with Crippen LogP contribution in [0.15, 0.2) is 71.9 Å². The predicted octanol–water partition coefficient (Wildman–Crippen LogP) is 3.27. The van der Waals surface area contributed by atoms with Gasteiger partial charge in [0.2, 0.25) is 16.0 Å². The normalized spacial score (nSPS) is 16.0. The third kappa shape index (κ3) is 6.85. The van der Waals surface area contributed by atoms with Crippen molar-refractivity contribution >= 4 is 33.5 Å². The zero-order valence-corrected chi connectivity index (χ0v) is 24.5. The van der Waals surface area contributed by atoms with E-state index >= 15 is 0 Å². The highest BCUT2D eigenvalue weighted by molar-refractivity contribution is 7.89. The Bertz CT molecular complexity index is 1510. The number of nitrogens with one attached hydrogen (secondary N) is 3. The average Bonchev–Trinajstić information content (AvgIpc) is 2.96. The first-order valence-corrected chi connectivity index (χ1v) is 15.0. The maximum Gasteiger partial charge on any atom is 0.327 e. The van der Waals surface area contributed by atoms with E-state index in [1.54, 1.807) is 45.3 Å². The Labute approximate surface area is 244 Å². The molecule has 1 atom stereocenters. The molecular weight excluding hydrogens is 563 g/mol. The minimum absolute atomic E-state index is 0.107. The first kappa shape index (κ1) is 30.8. The van der Waals surface area contributed by atoms with Gasteiger partial charge in [-0.3, -0.25) is 9.59 Å². The summed E-state index contributed by atoms with van der Waals surface area (Å²) in [6.45, 7) is 5.21. The molecule has 4 rings (SSSR count). The Morgan fingerprint density at radius 1 is 1.02 bits per heavy atom. The first-order chi connectivity index (χ1) is 19.8. The van der Waals surface area contributed by atoms with Crippen LogP contribution >= 0.6 is 0 Å². The third-order valence-corrected chi connectivity index (χ3v) is 8.97. The van der Waals surface area contributed by atoms with Gasteiger partial charge < -0.3 is 20.6 Å². The van der Waals surface area contributed by atoms with Crippen molar-refractivity contribution in [3.63, 3.8) is 0 Å². The van der Waals surface area contributed by atoms with E-state index in [0.29, 0.717) is 31.9 Å². The fourth-order valence-corrected chi connectivity index (χ4v) is 6.37. The van der Waals surface area contributed by atoms with E-state index < -0.39 is 45.2 Å². The molecule has 2 aromatic carbocycles. The number of carbonyl (C=O) groups excluding carboxylic acids is 1. The van der Waals surface area contributed by atoms with Gasteiger partial charge in [0.1, 0.15) is 5.82 Å². The maximum absolute atomic E-state index is 14.9. The van der Waals surface area contributed by atoms with E-state index in [4.69, 9.17) is 0 Å². The summed E-state index contributed by atoms with van der Waals surface area (Å²) in [6.07, 6.45) is 4.69.